The molecule has 4 heteroatoms. The molecular weight excluding hydrogens is 232 g/mol. The van der Waals surface area contributed by atoms with Gasteiger partial charge < -0.3 is 9.73 Å². The first-order valence-electron chi connectivity index (χ1n) is 6.54. The van der Waals surface area contributed by atoms with Gasteiger partial charge >= 0.3 is 0 Å². The molecule has 17 heavy (non-hydrogen) atoms. The van der Waals surface area contributed by atoms with E-state index in [0.29, 0.717) is 6.04 Å². The smallest absolute Gasteiger partial charge is 0.255 e. The Morgan fingerprint density at radius 3 is 2.88 bits per heavy atom. The summed E-state index contributed by atoms with van der Waals surface area (Å²) in [4.78, 5) is 4.28. The number of thioether (sulfide) groups is 1. The maximum Gasteiger partial charge on any atom is 0.255 e. The summed E-state index contributed by atoms with van der Waals surface area (Å²) in [7, 11) is 0. The van der Waals surface area contributed by atoms with Crippen LogP contribution in [0.15, 0.2) is 15.9 Å². The van der Waals surface area contributed by atoms with Crippen LogP contribution in [0.3, 0.4) is 0 Å². The molecule has 0 amide bonds. The highest BCUT2D eigenvalue weighted by atomic mass is 32.2. The van der Waals surface area contributed by atoms with Gasteiger partial charge in [0.15, 0.2) is 0 Å². The summed E-state index contributed by atoms with van der Waals surface area (Å²) in [6.07, 6.45) is 6.58. The van der Waals surface area contributed by atoms with Crippen molar-refractivity contribution in [2.75, 3.05) is 12.3 Å². The molecule has 0 aliphatic carbocycles. The van der Waals surface area contributed by atoms with Gasteiger partial charge in [0.1, 0.15) is 6.26 Å². The van der Waals surface area contributed by atoms with Gasteiger partial charge in [-0.3, -0.25) is 0 Å². The second kappa shape index (κ2) is 8.59. The van der Waals surface area contributed by atoms with E-state index in [9.17, 15) is 0 Å². The molecule has 0 aliphatic heterocycles. The summed E-state index contributed by atoms with van der Waals surface area (Å²) in [6, 6.07) is 0.668. The van der Waals surface area contributed by atoms with Gasteiger partial charge in [-0.1, -0.05) is 25.6 Å². The molecule has 0 aromatic carbocycles. The third-order valence-electron chi connectivity index (χ3n) is 2.70. The number of oxazole rings is 1. The molecule has 0 bridgehead atoms. The second-order valence-electron chi connectivity index (χ2n) is 4.30. The molecule has 1 heterocycles. The van der Waals surface area contributed by atoms with E-state index < -0.39 is 0 Å². The van der Waals surface area contributed by atoms with Gasteiger partial charge in [0.05, 0.1) is 5.69 Å². The molecule has 1 rings (SSSR count). The maximum absolute atomic E-state index is 5.30. The van der Waals surface area contributed by atoms with E-state index in [-0.39, 0.29) is 0 Å². The van der Waals surface area contributed by atoms with Gasteiger partial charge in [0.2, 0.25) is 0 Å². The Morgan fingerprint density at radius 2 is 2.29 bits per heavy atom. The van der Waals surface area contributed by atoms with E-state index in [2.05, 4.69) is 24.1 Å². The number of rotatable bonds is 9. The quantitative estimate of drug-likeness (QED) is 0.541. The fourth-order valence-corrected chi connectivity index (χ4v) is 2.50. The highest BCUT2D eigenvalue weighted by molar-refractivity contribution is 7.99. The minimum atomic E-state index is 0.668. The third kappa shape index (κ3) is 6.13. The Balaban J connectivity index is 2.09. The molecule has 1 unspecified atom stereocenters. The highest BCUT2D eigenvalue weighted by Crippen LogP contribution is 2.18. The number of hydrogen-bond donors (Lipinski definition) is 1. The molecular formula is C13H24N2OS. The van der Waals surface area contributed by atoms with Crippen molar-refractivity contribution in [2.24, 2.45) is 0 Å². The Kier molecular flexibility index (Phi) is 7.37. The lowest BCUT2D eigenvalue weighted by molar-refractivity contribution is 0.451. The predicted octanol–water partition coefficient (Wildman–Crippen LogP) is 3.63. The SMILES string of the molecule is CCCNC(CC)CCCSc1nc(C)co1. The van der Waals surface area contributed by atoms with Crippen LogP contribution in [-0.4, -0.2) is 23.3 Å². The lowest BCUT2D eigenvalue weighted by Gasteiger charge is -2.15. The zero-order valence-corrected chi connectivity index (χ0v) is 12.0. The average Bonchev–Trinajstić information content (AvgIpc) is 2.74. The molecule has 0 radical (unpaired) electrons. The Bertz CT molecular complexity index is 301. The Labute approximate surface area is 109 Å². The van der Waals surface area contributed by atoms with E-state index in [0.717, 1.165) is 23.2 Å². The van der Waals surface area contributed by atoms with Crippen LogP contribution in [0.2, 0.25) is 0 Å². The second-order valence-corrected chi connectivity index (χ2v) is 5.35. The van der Waals surface area contributed by atoms with Crippen molar-refractivity contribution < 1.29 is 4.42 Å². The molecule has 1 aromatic heterocycles. The summed E-state index contributed by atoms with van der Waals surface area (Å²) >= 11 is 1.71. The van der Waals surface area contributed by atoms with Crippen LogP contribution < -0.4 is 5.32 Å². The van der Waals surface area contributed by atoms with Crippen LogP contribution in [0.1, 0.15) is 45.2 Å². The summed E-state index contributed by atoms with van der Waals surface area (Å²) in [5, 5.41) is 4.38. The fourth-order valence-electron chi connectivity index (χ4n) is 1.69. The number of aryl methyl sites for hydroxylation is 1. The maximum atomic E-state index is 5.30. The van der Waals surface area contributed by atoms with Crippen LogP contribution in [0.25, 0.3) is 0 Å². The van der Waals surface area contributed by atoms with Crippen LogP contribution in [-0.2, 0) is 0 Å². The van der Waals surface area contributed by atoms with E-state index >= 15 is 0 Å². The molecule has 1 atom stereocenters. The number of hydrogen-bond acceptors (Lipinski definition) is 4. The van der Waals surface area contributed by atoms with Crippen molar-refractivity contribution in [1.29, 1.82) is 0 Å². The first-order valence-corrected chi connectivity index (χ1v) is 7.53. The van der Waals surface area contributed by atoms with Gasteiger partial charge in [0, 0.05) is 11.8 Å². The van der Waals surface area contributed by atoms with Crippen LogP contribution in [0.4, 0.5) is 0 Å². The summed E-state index contributed by atoms with van der Waals surface area (Å²) in [5.74, 6) is 1.09. The molecule has 3 nitrogen and oxygen atoms in total. The van der Waals surface area contributed by atoms with Crippen molar-refractivity contribution in [2.45, 2.75) is 57.7 Å². The highest BCUT2D eigenvalue weighted by Gasteiger charge is 2.05. The summed E-state index contributed by atoms with van der Waals surface area (Å²) < 4.78 is 5.30. The van der Waals surface area contributed by atoms with Crippen molar-refractivity contribution >= 4 is 11.8 Å². The van der Waals surface area contributed by atoms with E-state index in [1.807, 2.05) is 6.92 Å². The summed E-state index contributed by atoms with van der Waals surface area (Å²) in [5.41, 5.74) is 0.962. The first-order chi connectivity index (χ1) is 8.26. The Morgan fingerprint density at radius 1 is 1.47 bits per heavy atom. The molecule has 1 N–H and O–H groups in total. The van der Waals surface area contributed by atoms with E-state index in [1.165, 1.54) is 25.7 Å². The van der Waals surface area contributed by atoms with E-state index in [4.69, 9.17) is 4.42 Å². The third-order valence-corrected chi connectivity index (χ3v) is 3.62. The lowest BCUT2D eigenvalue weighted by atomic mass is 10.1. The van der Waals surface area contributed by atoms with Gasteiger partial charge in [-0.25, -0.2) is 4.98 Å². The minimum absolute atomic E-state index is 0.668. The molecule has 0 aliphatic rings. The van der Waals surface area contributed by atoms with Gasteiger partial charge in [-0.05, 0) is 39.2 Å². The largest absolute Gasteiger partial charge is 0.440 e. The number of nitrogens with zero attached hydrogens (tertiary/aromatic N) is 1. The molecule has 0 saturated carbocycles. The van der Waals surface area contributed by atoms with Gasteiger partial charge in [-0.15, -0.1) is 0 Å². The van der Waals surface area contributed by atoms with Crippen LogP contribution in [0, 0.1) is 6.92 Å². The number of aromatic nitrogens is 1. The zero-order chi connectivity index (χ0) is 12.5. The van der Waals surface area contributed by atoms with Gasteiger partial charge in [0.25, 0.3) is 5.22 Å². The summed E-state index contributed by atoms with van der Waals surface area (Å²) in [6.45, 7) is 7.54. The van der Waals surface area contributed by atoms with Crippen LogP contribution >= 0.6 is 11.8 Å². The topological polar surface area (TPSA) is 38.1 Å². The fraction of sp³-hybridized carbons (Fsp3) is 0.769. The normalized spacial score (nSPS) is 12.9. The molecule has 0 spiro atoms. The molecule has 0 saturated heterocycles. The average molecular weight is 256 g/mol. The minimum Gasteiger partial charge on any atom is -0.440 e. The predicted molar refractivity (Wildman–Crippen MR) is 73.6 cm³/mol. The molecule has 1 aromatic rings. The zero-order valence-electron chi connectivity index (χ0n) is 11.2. The molecule has 98 valence electrons. The van der Waals surface area contributed by atoms with Crippen molar-refractivity contribution in [1.82, 2.24) is 10.3 Å². The molecule has 0 fully saturated rings. The monoisotopic (exact) mass is 256 g/mol. The van der Waals surface area contributed by atoms with Crippen LogP contribution in [0.5, 0.6) is 0 Å². The standard InChI is InChI=1S/C13H24N2OS/c1-4-8-14-12(5-2)7-6-9-17-13-15-11(3)10-16-13/h10,12,14H,4-9H2,1-3H3. The first kappa shape index (κ1) is 14.6. The Hall–Kier alpha value is -0.480. The number of nitrogens with one attached hydrogen (secondary N) is 1. The van der Waals surface area contributed by atoms with Crippen molar-refractivity contribution in [3.8, 4) is 0 Å². The van der Waals surface area contributed by atoms with Crippen molar-refractivity contribution in [3.05, 3.63) is 12.0 Å². The van der Waals surface area contributed by atoms with Crippen molar-refractivity contribution in [3.63, 3.8) is 0 Å². The van der Waals surface area contributed by atoms with Gasteiger partial charge in [-0.2, -0.15) is 0 Å². The van der Waals surface area contributed by atoms with E-state index in [1.54, 1.807) is 18.0 Å². The lowest BCUT2D eigenvalue weighted by Crippen LogP contribution is -2.29.